The highest BCUT2D eigenvalue weighted by Crippen LogP contribution is 2.52. The molecular weight excluding hydrogens is 402 g/mol. The number of aryl methyl sites for hydroxylation is 1. The molecule has 8 heteroatoms. The van der Waals surface area contributed by atoms with Gasteiger partial charge in [-0.25, -0.2) is 12.4 Å². The molecule has 1 amide bonds. The van der Waals surface area contributed by atoms with Crippen molar-refractivity contribution in [2.75, 3.05) is 7.11 Å². The number of hydrogen-bond acceptors (Lipinski definition) is 5. The summed E-state index contributed by atoms with van der Waals surface area (Å²) in [6.45, 7) is 1.89. The van der Waals surface area contributed by atoms with Gasteiger partial charge >= 0.3 is 0 Å². The molecule has 154 valence electrons. The van der Waals surface area contributed by atoms with Crippen LogP contribution < -0.4 is 5.73 Å². The van der Waals surface area contributed by atoms with Crippen LogP contribution in [-0.4, -0.2) is 31.5 Å². The summed E-state index contributed by atoms with van der Waals surface area (Å²) in [4.78, 5) is 11.8. The number of primary amides is 1. The molecule has 0 spiro atoms. The summed E-state index contributed by atoms with van der Waals surface area (Å²) in [6.07, 6.45) is 1.55. The van der Waals surface area contributed by atoms with Gasteiger partial charge in [-0.05, 0) is 49.1 Å². The molecule has 1 heterocycles. The third kappa shape index (κ3) is 3.26. The molecule has 7 nitrogen and oxygen atoms in total. The number of hydrogen-bond donors (Lipinski definition) is 1. The number of carbonyl (C=O) groups is 1. The summed E-state index contributed by atoms with van der Waals surface area (Å²) in [5, 5.41) is 10.0. The van der Waals surface area contributed by atoms with Crippen molar-refractivity contribution < 1.29 is 17.9 Å². The second-order valence-corrected chi connectivity index (χ2v) is 9.42. The van der Waals surface area contributed by atoms with Crippen LogP contribution in [0.1, 0.15) is 29.0 Å². The van der Waals surface area contributed by atoms with Crippen molar-refractivity contribution in [3.8, 4) is 6.07 Å². The summed E-state index contributed by atoms with van der Waals surface area (Å²) in [6, 6.07) is 13.7. The van der Waals surface area contributed by atoms with Crippen LogP contribution >= 0.6 is 0 Å². The molecule has 2 aromatic carbocycles. The summed E-state index contributed by atoms with van der Waals surface area (Å²) >= 11 is 0. The van der Waals surface area contributed by atoms with Gasteiger partial charge in [-0.1, -0.05) is 23.8 Å². The Morgan fingerprint density at radius 1 is 1.27 bits per heavy atom. The number of nitriles is 1. The molecule has 2 N–H and O–H groups in total. The smallest absolute Gasteiger partial charge is 0.268 e. The van der Waals surface area contributed by atoms with Crippen LogP contribution in [-0.2, 0) is 19.6 Å². The van der Waals surface area contributed by atoms with E-state index in [1.54, 1.807) is 48.7 Å². The minimum atomic E-state index is -3.87. The highest BCUT2D eigenvalue weighted by atomic mass is 32.2. The van der Waals surface area contributed by atoms with Crippen LogP contribution in [0.15, 0.2) is 53.6 Å². The highest BCUT2D eigenvalue weighted by Gasteiger charge is 2.48. The molecule has 1 fully saturated rings. The van der Waals surface area contributed by atoms with Crippen molar-refractivity contribution in [3.63, 3.8) is 0 Å². The summed E-state index contributed by atoms with van der Waals surface area (Å²) in [5.41, 5.74) is 8.00. The Labute approximate surface area is 174 Å². The van der Waals surface area contributed by atoms with Crippen molar-refractivity contribution in [1.29, 1.82) is 5.26 Å². The van der Waals surface area contributed by atoms with E-state index in [9.17, 15) is 18.5 Å². The van der Waals surface area contributed by atoms with E-state index in [4.69, 9.17) is 10.5 Å². The van der Waals surface area contributed by atoms with Crippen LogP contribution in [0, 0.1) is 24.2 Å². The second-order valence-electron chi connectivity index (χ2n) is 7.61. The predicted molar refractivity (Wildman–Crippen MR) is 111 cm³/mol. The fraction of sp³-hybridized carbons (Fsp3) is 0.273. The number of fused-ring (bicyclic) bond motifs is 1. The Kier molecular flexibility index (Phi) is 4.88. The fourth-order valence-corrected chi connectivity index (χ4v) is 5.39. The molecule has 1 aliphatic carbocycles. The Balaban J connectivity index is 1.86. The van der Waals surface area contributed by atoms with Crippen molar-refractivity contribution in [3.05, 3.63) is 65.4 Å². The van der Waals surface area contributed by atoms with Crippen molar-refractivity contribution >= 4 is 26.8 Å². The van der Waals surface area contributed by atoms with Gasteiger partial charge in [-0.3, -0.25) is 4.79 Å². The number of benzene rings is 2. The van der Waals surface area contributed by atoms with E-state index in [1.807, 2.05) is 6.92 Å². The Morgan fingerprint density at radius 2 is 1.97 bits per heavy atom. The highest BCUT2D eigenvalue weighted by molar-refractivity contribution is 7.90. The lowest BCUT2D eigenvalue weighted by Crippen LogP contribution is -2.32. The number of nitrogens with two attached hydrogens (primary N) is 1. The molecule has 0 aliphatic heterocycles. The van der Waals surface area contributed by atoms with Gasteiger partial charge in [-0.15, -0.1) is 0 Å². The number of aromatic nitrogens is 1. The molecule has 3 aromatic rings. The lowest BCUT2D eigenvalue weighted by Gasteiger charge is -2.10. The summed E-state index contributed by atoms with van der Waals surface area (Å²) in [7, 11) is -2.43. The van der Waals surface area contributed by atoms with Crippen molar-refractivity contribution in [2.45, 2.75) is 30.3 Å². The molecule has 3 atom stereocenters. The fourth-order valence-electron chi connectivity index (χ4n) is 4.02. The molecule has 3 unspecified atom stereocenters. The molecule has 1 saturated carbocycles. The largest absolute Gasteiger partial charge is 0.371 e. The molecular formula is C22H21N3O4S. The van der Waals surface area contributed by atoms with Crippen LogP contribution in [0.2, 0.25) is 0 Å². The lowest BCUT2D eigenvalue weighted by molar-refractivity contribution is -0.128. The molecule has 1 aliphatic rings. The van der Waals surface area contributed by atoms with Crippen LogP contribution in [0.3, 0.4) is 0 Å². The predicted octanol–water partition coefficient (Wildman–Crippen LogP) is 2.66. The first-order chi connectivity index (χ1) is 14.3. The minimum absolute atomic E-state index is 0.0487. The van der Waals surface area contributed by atoms with Gasteiger partial charge in [0.2, 0.25) is 5.91 Å². The zero-order chi connectivity index (χ0) is 21.6. The zero-order valence-corrected chi connectivity index (χ0v) is 17.4. The Bertz CT molecular complexity index is 1290. The Morgan fingerprint density at radius 3 is 2.57 bits per heavy atom. The monoisotopic (exact) mass is 423 g/mol. The minimum Gasteiger partial charge on any atom is -0.371 e. The standard InChI is InChI=1S/C22H21N3O4S/c1-13-3-6-15(7-4-13)30(27,28)25-12-19(16-8-5-14(11-23)9-20(16)25)17-10-18(17)21(29-2)22(24)26/h3-9,12,17-18,21H,10H2,1-2H3,(H2,24,26). The van der Waals surface area contributed by atoms with E-state index in [0.717, 1.165) is 16.5 Å². The number of amides is 1. The number of nitrogens with zero attached hydrogens (tertiary/aromatic N) is 2. The second kappa shape index (κ2) is 7.27. The van der Waals surface area contributed by atoms with E-state index in [0.29, 0.717) is 17.5 Å². The molecule has 0 radical (unpaired) electrons. The molecule has 1 aromatic heterocycles. The molecule has 0 bridgehead atoms. The van der Waals surface area contributed by atoms with Gasteiger partial charge < -0.3 is 10.5 Å². The SMILES string of the molecule is COC(C(N)=O)C1CC1c1cn(S(=O)(=O)c2ccc(C)cc2)c2cc(C#N)ccc12. The zero-order valence-electron chi connectivity index (χ0n) is 16.6. The topological polar surface area (TPSA) is 115 Å². The molecule has 30 heavy (non-hydrogen) atoms. The molecule has 0 saturated heterocycles. The average Bonchev–Trinajstić information content (AvgIpc) is 3.39. The maximum atomic E-state index is 13.4. The van der Waals surface area contributed by atoms with Gasteiger partial charge in [0.1, 0.15) is 6.10 Å². The first-order valence-corrected chi connectivity index (χ1v) is 10.9. The first-order valence-electron chi connectivity index (χ1n) is 9.47. The maximum Gasteiger partial charge on any atom is 0.268 e. The van der Waals surface area contributed by atoms with E-state index in [-0.39, 0.29) is 16.7 Å². The number of rotatable bonds is 6. The van der Waals surface area contributed by atoms with Crippen LogP contribution in [0.4, 0.5) is 0 Å². The van der Waals surface area contributed by atoms with Gasteiger partial charge in [0.15, 0.2) is 0 Å². The summed E-state index contributed by atoms with van der Waals surface area (Å²) in [5.74, 6) is -0.690. The maximum absolute atomic E-state index is 13.4. The Hall–Kier alpha value is -3.15. The molecule has 4 rings (SSSR count). The number of ether oxygens (including phenoxy) is 1. The number of methoxy groups -OCH3 is 1. The van der Waals surface area contributed by atoms with E-state index < -0.39 is 22.0 Å². The van der Waals surface area contributed by atoms with Crippen LogP contribution in [0.5, 0.6) is 0 Å². The van der Waals surface area contributed by atoms with E-state index >= 15 is 0 Å². The van der Waals surface area contributed by atoms with Crippen molar-refractivity contribution in [1.82, 2.24) is 3.97 Å². The van der Waals surface area contributed by atoms with E-state index in [1.165, 1.54) is 11.1 Å². The van der Waals surface area contributed by atoms with Gasteiger partial charge in [0, 0.05) is 24.6 Å². The van der Waals surface area contributed by atoms with Crippen LogP contribution in [0.25, 0.3) is 10.9 Å². The number of carbonyl (C=O) groups excluding carboxylic acids is 1. The van der Waals surface area contributed by atoms with Crippen molar-refractivity contribution in [2.24, 2.45) is 11.7 Å². The average molecular weight is 423 g/mol. The summed E-state index contributed by atoms with van der Waals surface area (Å²) < 4.78 is 33.2. The lowest BCUT2D eigenvalue weighted by atomic mass is 10.0. The van der Waals surface area contributed by atoms with Gasteiger partial charge in [0.25, 0.3) is 10.0 Å². The van der Waals surface area contributed by atoms with Gasteiger partial charge in [-0.2, -0.15) is 5.26 Å². The normalized spacial score (nSPS) is 19.4. The third-order valence-electron chi connectivity index (χ3n) is 5.67. The first kappa shape index (κ1) is 20.1. The van der Waals surface area contributed by atoms with E-state index in [2.05, 4.69) is 6.07 Å². The van der Waals surface area contributed by atoms with Gasteiger partial charge in [0.05, 0.1) is 22.0 Å². The quantitative estimate of drug-likeness (QED) is 0.654. The third-order valence-corrected chi connectivity index (χ3v) is 7.36.